The van der Waals surface area contributed by atoms with Crippen LogP contribution in [0.1, 0.15) is 25.0 Å². The smallest absolute Gasteiger partial charge is 0.118 e. The summed E-state index contributed by atoms with van der Waals surface area (Å²) in [5, 5.41) is 5.03. The lowest BCUT2D eigenvalue weighted by Gasteiger charge is -2.23. The Hall–Kier alpha value is -5.14. The number of methoxy groups -OCH3 is 1. The predicted octanol–water partition coefficient (Wildman–Crippen LogP) is 11.3. The van der Waals surface area contributed by atoms with E-state index in [9.17, 15) is 0 Å². The van der Waals surface area contributed by atoms with Crippen molar-refractivity contribution in [2.24, 2.45) is 0 Å². The Kier molecular flexibility index (Phi) is 5.77. The topological polar surface area (TPSA) is 9.23 Å². The highest BCUT2D eigenvalue weighted by Crippen LogP contribution is 2.51. The van der Waals surface area contributed by atoms with Crippen LogP contribution in [0.3, 0.4) is 0 Å². The first kappa shape index (κ1) is 25.6. The van der Waals surface area contributed by atoms with Crippen molar-refractivity contribution >= 4 is 21.5 Å². The maximum Gasteiger partial charge on any atom is 0.118 e. The third kappa shape index (κ3) is 3.92. The van der Waals surface area contributed by atoms with Crippen molar-refractivity contribution in [3.05, 3.63) is 151 Å². The van der Waals surface area contributed by atoms with E-state index in [0.29, 0.717) is 0 Å². The zero-order valence-electron chi connectivity index (χ0n) is 24.7. The predicted molar refractivity (Wildman–Crippen MR) is 182 cm³/mol. The van der Waals surface area contributed by atoms with E-state index < -0.39 is 0 Å². The van der Waals surface area contributed by atoms with Gasteiger partial charge in [-0.1, -0.05) is 129 Å². The number of hydrogen-bond acceptors (Lipinski definition) is 1. The van der Waals surface area contributed by atoms with Crippen LogP contribution in [0.4, 0.5) is 0 Å². The van der Waals surface area contributed by atoms with E-state index >= 15 is 0 Å². The maximum absolute atomic E-state index is 5.50. The minimum atomic E-state index is -0.0637. The molecule has 0 heterocycles. The second-order valence-electron chi connectivity index (χ2n) is 12.1. The first-order valence-electron chi connectivity index (χ1n) is 15.0. The molecule has 0 saturated carbocycles. The lowest BCUT2D eigenvalue weighted by molar-refractivity contribution is 0.415. The molecule has 8 rings (SSSR count). The molecule has 1 nitrogen and oxygen atoms in total. The van der Waals surface area contributed by atoms with E-state index in [4.69, 9.17) is 4.74 Å². The zero-order chi connectivity index (χ0) is 29.1. The molecular weight excluding hydrogens is 520 g/mol. The Labute approximate surface area is 253 Å². The molecule has 0 aliphatic heterocycles. The first-order chi connectivity index (χ1) is 21.0. The normalized spacial score (nSPS) is 13.2. The Morgan fingerprint density at radius 2 is 1.00 bits per heavy atom. The molecule has 0 fully saturated rings. The summed E-state index contributed by atoms with van der Waals surface area (Å²) in [5.74, 6) is 0.863. The van der Waals surface area contributed by atoms with Gasteiger partial charge in [-0.2, -0.15) is 0 Å². The fraction of sp³-hybridized carbons (Fsp3) is 0.0952. The molecule has 0 bridgehead atoms. The van der Waals surface area contributed by atoms with Crippen LogP contribution in [0, 0.1) is 0 Å². The standard InChI is InChI=1S/C42H32O/c1-42(2)38-16-10-9-13-32(38)33-23-20-30(26-39(33)42)41-35-15-8-7-14-34(35)40(28-17-21-31(43-3)22-18-28)36-24-19-29(25-37(36)41)27-11-5-4-6-12-27/h4-26H,1-3H3. The monoisotopic (exact) mass is 552 g/mol. The van der Waals surface area contributed by atoms with Gasteiger partial charge < -0.3 is 4.74 Å². The summed E-state index contributed by atoms with van der Waals surface area (Å²) >= 11 is 0. The molecule has 0 atom stereocenters. The van der Waals surface area contributed by atoms with Gasteiger partial charge in [0.15, 0.2) is 0 Å². The Balaban J connectivity index is 1.46. The van der Waals surface area contributed by atoms with Crippen LogP contribution in [0.5, 0.6) is 5.75 Å². The summed E-state index contributed by atoms with van der Waals surface area (Å²) in [6.07, 6.45) is 0. The number of rotatable bonds is 4. The number of fused-ring (bicyclic) bond motifs is 5. The average Bonchev–Trinajstić information content (AvgIpc) is 3.29. The lowest BCUT2D eigenvalue weighted by atomic mass is 9.80. The molecule has 0 unspecified atom stereocenters. The second kappa shape index (κ2) is 9.71. The number of benzene rings is 7. The molecular formula is C42H32O. The quantitative estimate of drug-likeness (QED) is 0.197. The molecule has 0 aromatic heterocycles. The van der Waals surface area contributed by atoms with Gasteiger partial charge in [0.25, 0.3) is 0 Å². The largest absolute Gasteiger partial charge is 0.497 e. The SMILES string of the molecule is COc1ccc(-c2c3ccccc3c(-c3ccc4c(c3)C(C)(C)c3ccccc3-4)c3cc(-c4ccccc4)ccc23)cc1. The van der Waals surface area contributed by atoms with Gasteiger partial charge in [0.05, 0.1) is 7.11 Å². The van der Waals surface area contributed by atoms with E-state index in [1.165, 1.54) is 77.2 Å². The molecule has 7 aromatic carbocycles. The fourth-order valence-corrected chi connectivity index (χ4v) is 7.23. The molecule has 0 radical (unpaired) electrons. The van der Waals surface area contributed by atoms with Crippen LogP contribution < -0.4 is 4.74 Å². The van der Waals surface area contributed by atoms with E-state index in [1.54, 1.807) is 7.11 Å². The minimum Gasteiger partial charge on any atom is -0.497 e. The Morgan fingerprint density at radius 1 is 0.419 bits per heavy atom. The van der Waals surface area contributed by atoms with Crippen LogP contribution in [0.15, 0.2) is 140 Å². The van der Waals surface area contributed by atoms with Crippen LogP contribution >= 0.6 is 0 Å². The summed E-state index contributed by atoms with van der Waals surface area (Å²) in [6, 6.07) is 51.1. The number of ether oxygens (including phenoxy) is 1. The Morgan fingerprint density at radius 3 is 1.74 bits per heavy atom. The van der Waals surface area contributed by atoms with E-state index in [0.717, 1.165) is 5.75 Å². The van der Waals surface area contributed by atoms with Gasteiger partial charge >= 0.3 is 0 Å². The van der Waals surface area contributed by atoms with Crippen molar-refractivity contribution in [3.63, 3.8) is 0 Å². The summed E-state index contributed by atoms with van der Waals surface area (Å²) in [6.45, 7) is 4.72. The van der Waals surface area contributed by atoms with E-state index in [2.05, 4.69) is 153 Å². The molecule has 7 aromatic rings. The minimum absolute atomic E-state index is 0.0637. The molecule has 0 saturated heterocycles. The molecule has 206 valence electrons. The second-order valence-corrected chi connectivity index (χ2v) is 12.1. The molecule has 0 amide bonds. The molecule has 1 aliphatic carbocycles. The van der Waals surface area contributed by atoms with Crippen molar-refractivity contribution < 1.29 is 4.74 Å². The summed E-state index contributed by atoms with van der Waals surface area (Å²) in [7, 11) is 1.72. The van der Waals surface area contributed by atoms with E-state index in [-0.39, 0.29) is 5.41 Å². The van der Waals surface area contributed by atoms with Gasteiger partial charge in [0.1, 0.15) is 5.75 Å². The van der Waals surface area contributed by atoms with Crippen LogP contribution in [-0.4, -0.2) is 7.11 Å². The van der Waals surface area contributed by atoms with Crippen LogP contribution in [-0.2, 0) is 5.41 Å². The first-order valence-corrected chi connectivity index (χ1v) is 15.0. The third-order valence-electron chi connectivity index (χ3n) is 9.38. The molecule has 0 spiro atoms. The highest BCUT2D eigenvalue weighted by Gasteiger charge is 2.35. The van der Waals surface area contributed by atoms with Gasteiger partial charge in [-0.05, 0) is 101 Å². The average molecular weight is 553 g/mol. The van der Waals surface area contributed by atoms with Crippen molar-refractivity contribution in [3.8, 4) is 50.3 Å². The third-order valence-corrected chi connectivity index (χ3v) is 9.38. The van der Waals surface area contributed by atoms with Gasteiger partial charge in [-0.3, -0.25) is 0 Å². The molecule has 1 aliphatic rings. The van der Waals surface area contributed by atoms with Crippen LogP contribution in [0.25, 0.3) is 66.1 Å². The van der Waals surface area contributed by atoms with Gasteiger partial charge in [-0.25, -0.2) is 0 Å². The summed E-state index contributed by atoms with van der Waals surface area (Å²) < 4.78 is 5.50. The number of hydrogen-bond donors (Lipinski definition) is 0. The zero-order valence-corrected chi connectivity index (χ0v) is 24.7. The highest BCUT2D eigenvalue weighted by atomic mass is 16.5. The van der Waals surface area contributed by atoms with Crippen molar-refractivity contribution in [2.45, 2.75) is 19.3 Å². The Bertz CT molecular complexity index is 2170. The van der Waals surface area contributed by atoms with Gasteiger partial charge in [-0.15, -0.1) is 0 Å². The summed E-state index contributed by atoms with van der Waals surface area (Å²) in [4.78, 5) is 0. The van der Waals surface area contributed by atoms with Crippen molar-refractivity contribution in [2.75, 3.05) is 7.11 Å². The van der Waals surface area contributed by atoms with Crippen LogP contribution in [0.2, 0.25) is 0 Å². The van der Waals surface area contributed by atoms with Crippen molar-refractivity contribution in [1.82, 2.24) is 0 Å². The van der Waals surface area contributed by atoms with Crippen molar-refractivity contribution in [1.29, 1.82) is 0 Å². The van der Waals surface area contributed by atoms with Gasteiger partial charge in [0.2, 0.25) is 0 Å². The van der Waals surface area contributed by atoms with E-state index in [1.807, 2.05) is 0 Å². The molecule has 43 heavy (non-hydrogen) atoms. The maximum atomic E-state index is 5.50. The fourth-order valence-electron chi connectivity index (χ4n) is 7.23. The lowest BCUT2D eigenvalue weighted by Crippen LogP contribution is -2.14. The highest BCUT2D eigenvalue weighted by molar-refractivity contribution is 6.22. The molecule has 0 N–H and O–H groups in total. The summed E-state index contributed by atoms with van der Waals surface area (Å²) in [5.41, 5.74) is 12.9. The molecule has 1 heteroatoms. The van der Waals surface area contributed by atoms with Gasteiger partial charge in [0, 0.05) is 5.41 Å².